The number of anilines is 2. The Hall–Kier alpha value is -5.05. The van der Waals surface area contributed by atoms with Crippen molar-refractivity contribution in [2.24, 2.45) is 5.92 Å². The third-order valence-electron chi connectivity index (χ3n) is 8.55. The van der Waals surface area contributed by atoms with Gasteiger partial charge in [0.2, 0.25) is 0 Å². The van der Waals surface area contributed by atoms with Crippen LogP contribution in [0.3, 0.4) is 0 Å². The number of piperidine rings is 1. The highest BCUT2D eigenvalue weighted by Crippen LogP contribution is 2.31. The minimum Gasteiger partial charge on any atom is -0.493 e. The lowest BCUT2D eigenvalue weighted by atomic mass is 9.90. The summed E-state index contributed by atoms with van der Waals surface area (Å²) in [6.45, 7) is 9.69. The Morgan fingerprint density at radius 2 is 1.70 bits per heavy atom. The van der Waals surface area contributed by atoms with Crippen LogP contribution in [0.1, 0.15) is 61.0 Å². The number of urea groups is 1. The summed E-state index contributed by atoms with van der Waals surface area (Å²) >= 11 is 0. The van der Waals surface area contributed by atoms with E-state index < -0.39 is 0 Å². The van der Waals surface area contributed by atoms with Crippen LogP contribution >= 0.6 is 0 Å². The SMILES string of the molecule is COc1cccc2cc(C(=O)N3CCC(Cc4cccc(NC(=O)Nc5cc(C(C)(C)C)nn5-c5ccc(C)cc5)c4)CC3)oc12. The summed E-state index contributed by atoms with van der Waals surface area (Å²) in [5.74, 6) is 1.90. The fraction of sp³-hybridized carbons (Fsp3) is 0.324. The van der Waals surface area contributed by atoms with Crippen LogP contribution in [0.15, 0.2) is 83.3 Å². The maximum atomic E-state index is 13.2. The monoisotopic (exact) mass is 619 g/mol. The molecule has 46 heavy (non-hydrogen) atoms. The summed E-state index contributed by atoms with van der Waals surface area (Å²) in [4.78, 5) is 28.3. The highest BCUT2D eigenvalue weighted by Gasteiger charge is 2.27. The number of nitrogens with one attached hydrogen (secondary N) is 2. The number of nitrogens with zero attached hydrogens (tertiary/aromatic N) is 3. The quantitative estimate of drug-likeness (QED) is 0.192. The van der Waals surface area contributed by atoms with Gasteiger partial charge in [-0.2, -0.15) is 5.10 Å². The number of fused-ring (bicyclic) bond motifs is 1. The first-order chi connectivity index (χ1) is 22.1. The molecule has 6 rings (SSSR count). The molecule has 0 aliphatic carbocycles. The standard InChI is InChI=1S/C37H41N5O4/c1-24-12-14-29(15-13-24)42-33(23-32(40-42)37(2,3)4)39-36(44)38-28-10-6-8-26(21-28)20-25-16-18-41(19-17-25)35(43)31-22-27-9-7-11-30(45-5)34(27)46-31/h6-15,21-23,25H,16-20H2,1-5H3,(H2,38,39,44). The van der Waals surface area contributed by atoms with E-state index in [1.165, 1.54) is 0 Å². The van der Waals surface area contributed by atoms with Crippen LogP contribution in [-0.2, 0) is 11.8 Å². The Labute approximate surface area is 269 Å². The first-order valence-corrected chi connectivity index (χ1v) is 15.8. The molecular formula is C37H41N5O4. The highest BCUT2D eigenvalue weighted by atomic mass is 16.5. The van der Waals surface area contributed by atoms with E-state index in [1.54, 1.807) is 17.9 Å². The second kappa shape index (κ2) is 12.7. The first-order valence-electron chi connectivity index (χ1n) is 15.8. The van der Waals surface area contributed by atoms with E-state index in [0.29, 0.717) is 41.9 Å². The smallest absolute Gasteiger partial charge is 0.324 e. The van der Waals surface area contributed by atoms with Gasteiger partial charge in [-0.3, -0.25) is 10.1 Å². The van der Waals surface area contributed by atoms with Crippen LogP contribution in [-0.4, -0.2) is 46.8 Å². The van der Waals surface area contributed by atoms with Gasteiger partial charge in [0, 0.05) is 35.6 Å². The van der Waals surface area contributed by atoms with Crippen LogP contribution in [0.5, 0.6) is 5.75 Å². The summed E-state index contributed by atoms with van der Waals surface area (Å²) < 4.78 is 13.1. The van der Waals surface area contributed by atoms with Crippen LogP contribution in [0.2, 0.25) is 0 Å². The average Bonchev–Trinajstić information content (AvgIpc) is 3.67. The molecule has 0 radical (unpaired) electrons. The van der Waals surface area contributed by atoms with Crippen molar-refractivity contribution in [2.45, 2.75) is 52.4 Å². The fourth-order valence-corrected chi connectivity index (χ4v) is 5.91. The summed E-state index contributed by atoms with van der Waals surface area (Å²) in [7, 11) is 1.59. The van der Waals surface area contributed by atoms with Crippen molar-refractivity contribution >= 4 is 34.4 Å². The second-order valence-corrected chi connectivity index (χ2v) is 13.1. The Bertz CT molecular complexity index is 1860. The molecule has 238 valence electrons. The molecule has 0 bridgehead atoms. The van der Waals surface area contributed by atoms with Gasteiger partial charge in [-0.25, -0.2) is 9.48 Å². The maximum absolute atomic E-state index is 13.2. The van der Waals surface area contributed by atoms with E-state index in [-0.39, 0.29) is 17.4 Å². The molecule has 9 nitrogen and oxygen atoms in total. The number of carbonyl (C=O) groups is 2. The topological polar surface area (TPSA) is 102 Å². The van der Waals surface area contributed by atoms with Gasteiger partial charge in [0.15, 0.2) is 17.1 Å². The summed E-state index contributed by atoms with van der Waals surface area (Å²) in [6, 6.07) is 25.0. The van der Waals surface area contributed by atoms with Crippen LogP contribution in [0.4, 0.5) is 16.3 Å². The zero-order valence-electron chi connectivity index (χ0n) is 27.1. The number of furan rings is 1. The number of amides is 3. The fourth-order valence-electron chi connectivity index (χ4n) is 5.91. The number of rotatable bonds is 7. The Kier molecular flexibility index (Phi) is 8.58. The van der Waals surface area contributed by atoms with Crippen molar-refractivity contribution < 1.29 is 18.7 Å². The van der Waals surface area contributed by atoms with Gasteiger partial charge in [0.1, 0.15) is 5.82 Å². The first kappa shape index (κ1) is 31.0. The molecule has 5 aromatic rings. The van der Waals surface area contributed by atoms with Gasteiger partial charge in [-0.1, -0.05) is 62.7 Å². The lowest BCUT2D eigenvalue weighted by molar-refractivity contribution is 0.0660. The molecule has 1 aliphatic heterocycles. The largest absolute Gasteiger partial charge is 0.493 e. The summed E-state index contributed by atoms with van der Waals surface area (Å²) in [6.07, 6.45) is 2.66. The predicted molar refractivity (Wildman–Crippen MR) is 181 cm³/mol. The van der Waals surface area contributed by atoms with E-state index in [1.807, 2.05) is 78.6 Å². The zero-order valence-corrected chi connectivity index (χ0v) is 27.1. The maximum Gasteiger partial charge on any atom is 0.324 e. The average molecular weight is 620 g/mol. The molecule has 1 saturated heterocycles. The number of hydrogen-bond donors (Lipinski definition) is 2. The van der Waals surface area contributed by atoms with E-state index in [0.717, 1.165) is 52.8 Å². The van der Waals surface area contributed by atoms with E-state index in [4.69, 9.17) is 14.3 Å². The van der Waals surface area contributed by atoms with Gasteiger partial charge in [-0.05, 0) is 74.1 Å². The highest BCUT2D eigenvalue weighted by molar-refractivity contribution is 5.99. The lowest BCUT2D eigenvalue weighted by Gasteiger charge is -2.31. The molecule has 1 fully saturated rings. The number of hydrogen-bond acceptors (Lipinski definition) is 5. The third-order valence-corrected chi connectivity index (χ3v) is 8.55. The second-order valence-electron chi connectivity index (χ2n) is 13.1. The van der Waals surface area contributed by atoms with Crippen molar-refractivity contribution in [2.75, 3.05) is 30.8 Å². The minimum absolute atomic E-state index is 0.0905. The summed E-state index contributed by atoms with van der Waals surface area (Å²) in [5, 5.41) is 11.7. The van der Waals surface area contributed by atoms with Gasteiger partial charge in [-0.15, -0.1) is 0 Å². The van der Waals surface area contributed by atoms with Gasteiger partial charge in [0.25, 0.3) is 5.91 Å². The Balaban J connectivity index is 1.06. The molecule has 0 unspecified atom stereocenters. The van der Waals surface area contributed by atoms with Crippen molar-refractivity contribution in [3.63, 3.8) is 0 Å². The number of para-hydroxylation sites is 1. The molecule has 3 amide bonds. The molecular weight excluding hydrogens is 578 g/mol. The van der Waals surface area contributed by atoms with E-state index in [2.05, 4.69) is 37.5 Å². The number of likely N-dealkylation sites (tertiary alicyclic amines) is 1. The zero-order chi connectivity index (χ0) is 32.4. The number of methoxy groups -OCH3 is 1. The number of aromatic nitrogens is 2. The van der Waals surface area contributed by atoms with Crippen LogP contribution in [0, 0.1) is 12.8 Å². The number of carbonyl (C=O) groups excluding carboxylic acids is 2. The van der Waals surface area contributed by atoms with Gasteiger partial charge in [0.05, 0.1) is 18.5 Å². The van der Waals surface area contributed by atoms with Crippen LogP contribution < -0.4 is 15.4 Å². The lowest BCUT2D eigenvalue weighted by Crippen LogP contribution is -2.38. The molecule has 0 atom stereocenters. The molecule has 2 N–H and O–H groups in total. The molecule has 2 aromatic heterocycles. The van der Waals surface area contributed by atoms with Gasteiger partial charge >= 0.3 is 6.03 Å². The molecule has 0 saturated carbocycles. The molecule has 3 aromatic carbocycles. The number of aryl methyl sites for hydroxylation is 1. The van der Waals surface area contributed by atoms with Crippen molar-refractivity contribution in [3.05, 3.63) is 101 Å². The third kappa shape index (κ3) is 6.78. The normalized spacial score (nSPS) is 14.0. The molecule has 9 heteroatoms. The van der Waals surface area contributed by atoms with Crippen molar-refractivity contribution in [1.29, 1.82) is 0 Å². The van der Waals surface area contributed by atoms with E-state index in [9.17, 15) is 9.59 Å². The molecule has 0 spiro atoms. The van der Waals surface area contributed by atoms with Crippen molar-refractivity contribution in [3.8, 4) is 11.4 Å². The van der Waals surface area contributed by atoms with Crippen LogP contribution in [0.25, 0.3) is 16.7 Å². The Morgan fingerprint density at radius 3 is 2.41 bits per heavy atom. The molecule has 3 heterocycles. The summed E-state index contributed by atoms with van der Waals surface area (Å²) in [5.41, 5.74) is 5.20. The minimum atomic E-state index is -0.333. The molecule has 1 aliphatic rings. The predicted octanol–water partition coefficient (Wildman–Crippen LogP) is 7.97. The van der Waals surface area contributed by atoms with Crippen molar-refractivity contribution in [1.82, 2.24) is 14.7 Å². The number of ether oxygens (including phenoxy) is 1. The Morgan fingerprint density at radius 1 is 0.957 bits per heavy atom. The van der Waals surface area contributed by atoms with Gasteiger partial charge < -0.3 is 19.4 Å². The number of benzene rings is 3. The van der Waals surface area contributed by atoms with E-state index >= 15 is 0 Å².